The van der Waals surface area contributed by atoms with E-state index in [1.807, 2.05) is 4.90 Å². The van der Waals surface area contributed by atoms with Gasteiger partial charge in [0.05, 0.1) is 12.3 Å². The molecule has 1 aromatic heterocycles. The first-order valence-electron chi connectivity index (χ1n) is 5.16. The normalized spacial score (nSPS) is 17.8. The molecule has 2 rings (SSSR count). The predicted octanol–water partition coefficient (Wildman–Crippen LogP) is 1.88. The van der Waals surface area contributed by atoms with Crippen molar-refractivity contribution in [2.75, 3.05) is 25.1 Å². The Morgan fingerprint density at radius 2 is 2.19 bits per heavy atom. The number of hydrogen-bond acceptors (Lipinski definition) is 4. The van der Waals surface area contributed by atoms with Gasteiger partial charge in [0.25, 0.3) is 0 Å². The van der Waals surface area contributed by atoms with E-state index < -0.39 is 5.82 Å². The van der Waals surface area contributed by atoms with Gasteiger partial charge < -0.3 is 9.64 Å². The predicted molar refractivity (Wildman–Crippen MR) is 59.2 cm³/mol. The minimum absolute atomic E-state index is 0.0743. The van der Waals surface area contributed by atoms with Gasteiger partial charge >= 0.3 is 0 Å². The first-order chi connectivity index (χ1) is 7.70. The Hall–Kier alpha value is -0.940. The molecule has 0 aliphatic carbocycles. The van der Waals surface area contributed by atoms with Gasteiger partial charge in [-0.2, -0.15) is 4.98 Å². The molecule has 1 fully saturated rings. The van der Waals surface area contributed by atoms with E-state index in [1.54, 1.807) is 7.11 Å². The third-order valence-corrected chi connectivity index (χ3v) is 2.95. The van der Waals surface area contributed by atoms with Crippen molar-refractivity contribution in [1.82, 2.24) is 9.97 Å². The van der Waals surface area contributed by atoms with Gasteiger partial charge in [0.1, 0.15) is 0 Å². The van der Waals surface area contributed by atoms with Gasteiger partial charge in [-0.1, -0.05) is 0 Å². The molecule has 0 spiro atoms. The highest BCUT2D eigenvalue weighted by Crippen LogP contribution is 2.22. The molecule has 4 nitrogen and oxygen atoms in total. The Kier molecular flexibility index (Phi) is 3.56. The minimum Gasteiger partial charge on any atom is -0.381 e. The average molecular weight is 246 g/mol. The third-order valence-electron chi connectivity index (χ3n) is 2.77. The van der Waals surface area contributed by atoms with Crippen molar-refractivity contribution in [2.45, 2.75) is 18.9 Å². The van der Waals surface area contributed by atoms with Crippen molar-refractivity contribution >= 4 is 17.4 Å². The number of anilines is 1. The maximum atomic E-state index is 13.5. The summed E-state index contributed by atoms with van der Waals surface area (Å²) in [6, 6.07) is 0. The molecule has 1 aliphatic rings. The SMILES string of the molecule is COC1CCN(c2nc(Cl)ncc2F)CC1. The van der Waals surface area contributed by atoms with Gasteiger partial charge in [-0.05, 0) is 24.4 Å². The van der Waals surface area contributed by atoms with Crippen LogP contribution < -0.4 is 4.90 Å². The maximum absolute atomic E-state index is 13.5. The summed E-state index contributed by atoms with van der Waals surface area (Å²) in [5, 5.41) is 0.0743. The Labute approximate surface area is 98.4 Å². The molecule has 0 N–H and O–H groups in total. The molecule has 6 heteroatoms. The summed E-state index contributed by atoms with van der Waals surface area (Å²) in [7, 11) is 1.70. The van der Waals surface area contributed by atoms with Crippen LogP contribution in [-0.2, 0) is 4.74 Å². The molecular formula is C10H13ClFN3O. The van der Waals surface area contributed by atoms with Crippen LogP contribution in [-0.4, -0.2) is 36.3 Å². The Morgan fingerprint density at radius 3 is 2.81 bits per heavy atom. The lowest BCUT2D eigenvalue weighted by atomic mass is 10.1. The monoisotopic (exact) mass is 245 g/mol. The van der Waals surface area contributed by atoms with Crippen LogP contribution in [0.25, 0.3) is 0 Å². The van der Waals surface area contributed by atoms with Crippen LogP contribution >= 0.6 is 11.6 Å². The zero-order valence-electron chi connectivity index (χ0n) is 8.99. The summed E-state index contributed by atoms with van der Waals surface area (Å²) >= 11 is 5.65. The first-order valence-corrected chi connectivity index (χ1v) is 5.54. The van der Waals surface area contributed by atoms with Crippen LogP contribution in [0.3, 0.4) is 0 Å². The number of methoxy groups -OCH3 is 1. The average Bonchev–Trinajstić information content (AvgIpc) is 2.32. The Balaban J connectivity index is 2.10. The second-order valence-electron chi connectivity index (χ2n) is 3.73. The molecule has 0 radical (unpaired) electrons. The summed E-state index contributed by atoms with van der Waals surface area (Å²) in [6.45, 7) is 1.45. The quantitative estimate of drug-likeness (QED) is 0.746. The van der Waals surface area contributed by atoms with E-state index in [-0.39, 0.29) is 17.2 Å². The standard InChI is InChI=1S/C10H13ClFN3O/c1-16-7-2-4-15(5-3-7)9-8(12)6-13-10(11)14-9/h6-7H,2-5H2,1H3. The topological polar surface area (TPSA) is 38.2 Å². The lowest BCUT2D eigenvalue weighted by molar-refractivity contribution is 0.0816. The minimum atomic E-state index is -0.430. The van der Waals surface area contributed by atoms with E-state index in [0.29, 0.717) is 0 Å². The number of nitrogens with zero attached hydrogens (tertiary/aromatic N) is 3. The lowest BCUT2D eigenvalue weighted by Gasteiger charge is -2.32. The van der Waals surface area contributed by atoms with Crippen LogP contribution in [0.4, 0.5) is 10.2 Å². The van der Waals surface area contributed by atoms with Crippen LogP contribution in [0.15, 0.2) is 6.20 Å². The third kappa shape index (κ3) is 2.41. The molecule has 16 heavy (non-hydrogen) atoms. The Bertz CT molecular complexity index is 369. The van der Waals surface area contributed by atoms with E-state index in [1.165, 1.54) is 0 Å². The zero-order valence-corrected chi connectivity index (χ0v) is 9.74. The lowest BCUT2D eigenvalue weighted by Crippen LogP contribution is -2.37. The van der Waals surface area contributed by atoms with Crippen molar-refractivity contribution in [1.29, 1.82) is 0 Å². The first kappa shape index (κ1) is 11.5. The molecular weight excluding hydrogens is 233 g/mol. The van der Waals surface area contributed by atoms with Gasteiger partial charge in [-0.25, -0.2) is 9.37 Å². The van der Waals surface area contributed by atoms with E-state index in [2.05, 4.69) is 9.97 Å². The second-order valence-corrected chi connectivity index (χ2v) is 4.07. The van der Waals surface area contributed by atoms with Crippen molar-refractivity contribution in [2.24, 2.45) is 0 Å². The molecule has 0 aromatic carbocycles. The summed E-state index contributed by atoms with van der Waals surface area (Å²) in [5.41, 5.74) is 0. The second kappa shape index (κ2) is 4.93. The van der Waals surface area contributed by atoms with Crippen LogP contribution in [0, 0.1) is 5.82 Å². The highest BCUT2D eigenvalue weighted by molar-refractivity contribution is 6.28. The smallest absolute Gasteiger partial charge is 0.224 e. The van der Waals surface area contributed by atoms with Gasteiger partial charge in [0.2, 0.25) is 5.28 Å². The van der Waals surface area contributed by atoms with Crippen molar-refractivity contribution in [3.63, 3.8) is 0 Å². The van der Waals surface area contributed by atoms with Gasteiger partial charge in [-0.15, -0.1) is 0 Å². The Morgan fingerprint density at radius 1 is 1.50 bits per heavy atom. The molecule has 0 saturated carbocycles. The molecule has 0 amide bonds. The number of rotatable bonds is 2. The molecule has 1 aliphatic heterocycles. The molecule has 1 saturated heterocycles. The summed E-state index contributed by atoms with van der Waals surface area (Å²) in [4.78, 5) is 9.38. The highest BCUT2D eigenvalue weighted by Gasteiger charge is 2.22. The van der Waals surface area contributed by atoms with Crippen molar-refractivity contribution in [3.05, 3.63) is 17.3 Å². The van der Waals surface area contributed by atoms with E-state index in [9.17, 15) is 4.39 Å². The van der Waals surface area contributed by atoms with Crippen LogP contribution in [0.1, 0.15) is 12.8 Å². The van der Waals surface area contributed by atoms with Gasteiger partial charge in [0.15, 0.2) is 11.6 Å². The van der Waals surface area contributed by atoms with Gasteiger partial charge in [0, 0.05) is 20.2 Å². The molecule has 1 aromatic rings. The summed E-state index contributed by atoms with van der Waals surface area (Å²) in [5.74, 6) is -0.144. The molecule has 88 valence electrons. The van der Waals surface area contributed by atoms with E-state index in [0.717, 1.165) is 32.1 Å². The number of ether oxygens (including phenoxy) is 1. The number of hydrogen-bond donors (Lipinski definition) is 0. The molecule has 0 bridgehead atoms. The largest absolute Gasteiger partial charge is 0.381 e. The molecule has 0 unspecified atom stereocenters. The fourth-order valence-corrected chi connectivity index (χ4v) is 1.99. The van der Waals surface area contributed by atoms with Crippen LogP contribution in [0.5, 0.6) is 0 Å². The number of aromatic nitrogens is 2. The van der Waals surface area contributed by atoms with E-state index >= 15 is 0 Å². The zero-order chi connectivity index (χ0) is 11.5. The fourth-order valence-electron chi connectivity index (χ4n) is 1.86. The maximum Gasteiger partial charge on any atom is 0.224 e. The van der Waals surface area contributed by atoms with Gasteiger partial charge in [-0.3, -0.25) is 0 Å². The number of halogens is 2. The molecule has 0 atom stereocenters. The van der Waals surface area contributed by atoms with Crippen LogP contribution in [0.2, 0.25) is 5.28 Å². The van der Waals surface area contributed by atoms with E-state index in [4.69, 9.17) is 16.3 Å². The summed E-state index contributed by atoms with van der Waals surface area (Å²) < 4.78 is 18.7. The van der Waals surface area contributed by atoms with Crippen molar-refractivity contribution < 1.29 is 9.13 Å². The molecule has 2 heterocycles. The van der Waals surface area contributed by atoms with Crippen molar-refractivity contribution in [3.8, 4) is 0 Å². The number of piperidine rings is 1. The highest BCUT2D eigenvalue weighted by atomic mass is 35.5. The summed E-state index contributed by atoms with van der Waals surface area (Å²) in [6.07, 6.45) is 3.11. The fraction of sp³-hybridized carbons (Fsp3) is 0.600.